The smallest absolute Gasteiger partial charge is 0.292 e. The lowest BCUT2D eigenvalue weighted by atomic mass is 10.3. The monoisotopic (exact) mass is 271 g/mol. The number of rotatable bonds is 4. The van der Waals surface area contributed by atoms with Crippen molar-refractivity contribution in [1.82, 2.24) is 9.78 Å². The zero-order valence-electron chi connectivity index (χ0n) is 10.9. The molecular weight excluding hydrogens is 258 g/mol. The zero-order valence-corrected chi connectivity index (χ0v) is 10.9. The van der Waals surface area contributed by atoms with Crippen LogP contribution in [0.2, 0.25) is 0 Å². The van der Waals surface area contributed by atoms with Gasteiger partial charge < -0.3 is 14.2 Å². The molecule has 1 N–H and O–H groups in total. The van der Waals surface area contributed by atoms with Crippen molar-refractivity contribution in [3.63, 3.8) is 0 Å². The zero-order chi connectivity index (χ0) is 13.9. The Bertz CT molecular complexity index is 710. The third-order valence-corrected chi connectivity index (χ3v) is 2.80. The number of nitrogens with one attached hydrogen (secondary N) is 1. The van der Waals surface area contributed by atoms with Crippen LogP contribution in [0, 0.1) is 0 Å². The van der Waals surface area contributed by atoms with Gasteiger partial charge in [0, 0.05) is 18.8 Å². The fourth-order valence-corrected chi connectivity index (χ4v) is 1.79. The van der Waals surface area contributed by atoms with Gasteiger partial charge in [-0.1, -0.05) is 0 Å². The number of hydrogen-bond acceptors (Lipinski definition) is 4. The van der Waals surface area contributed by atoms with Crippen LogP contribution >= 0.6 is 0 Å². The Morgan fingerprint density at radius 1 is 1.30 bits per heavy atom. The normalized spacial score (nSPS) is 10.7. The van der Waals surface area contributed by atoms with E-state index < -0.39 is 0 Å². The molecule has 0 atom stereocenters. The molecule has 0 aliphatic rings. The Labute approximate surface area is 115 Å². The number of aryl methyl sites for hydroxylation is 1. The molecule has 0 radical (unpaired) electrons. The molecule has 0 saturated heterocycles. The van der Waals surface area contributed by atoms with Gasteiger partial charge in [0.25, 0.3) is 5.91 Å². The van der Waals surface area contributed by atoms with E-state index in [9.17, 15) is 4.79 Å². The Hall–Kier alpha value is -2.76. The Balaban J connectivity index is 1.74. The highest BCUT2D eigenvalue weighted by Crippen LogP contribution is 2.22. The Morgan fingerprint density at radius 2 is 2.20 bits per heavy atom. The number of aromatic nitrogens is 2. The summed E-state index contributed by atoms with van der Waals surface area (Å²) in [5, 5.41) is 6.85. The predicted molar refractivity (Wildman–Crippen MR) is 72.3 cm³/mol. The highest BCUT2D eigenvalue weighted by molar-refractivity contribution is 6.01. The first kappa shape index (κ1) is 12.3. The van der Waals surface area contributed by atoms with E-state index in [1.165, 1.54) is 0 Å². The van der Waals surface area contributed by atoms with Crippen molar-refractivity contribution in [3.05, 3.63) is 48.6 Å². The highest BCUT2D eigenvalue weighted by atomic mass is 16.4. The Morgan fingerprint density at radius 3 is 2.90 bits per heavy atom. The van der Waals surface area contributed by atoms with Crippen LogP contribution in [0.3, 0.4) is 0 Å². The summed E-state index contributed by atoms with van der Waals surface area (Å²) >= 11 is 0. The topological polar surface area (TPSA) is 73.2 Å². The molecule has 0 aliphatic carbocycles. The third kappa shape index (κ3) is 2.35. The van der Waals surface area contributed by atoms with Crippen LogP contribution in [0.1, 0.15) is 17.5 Å². The molecule has 0 aliphatic heterocycles. The van der Waals surface area contributed by atoms with Crippen molar-refractivity contribution in [2.45, 2.75) is 13.5 Å². The summed E-state index contributed by atoms with van der Waals surface area (Å²) in [6.07, 6.45) is 3.35. The van der Waals surface area contributed by atoms with Gasteiger partial charge in [-0.2, -0.15) is 5.10 Å². The third-order valence-electron chi connectivity index (χ3n) is 2.80. The molecule has 0 fully saturated rings. The fraction of sp³-hybridized carbons (Fsp3) is 0.143. The average molecular weight is 271 g/mol. The van der Waals surface area contributed by atoms with Crippen LogP contribution in [-0.2, 0) is 6.54 Å². The second-order valence-corrected chi connectivity index (χ2v) is 4.15. The van der Waals surface area contributed by atoms with Crippen molar-refractivity contribution in [2.24, 2.45) is 0 Å². The van der Waals surface area contributed by atoms with E-state index >= 15 is 0 Å². The van der Waals surface area contributed by atoms with Gasteiger partial charge in [-0.3, -0.25) is 9.48 Å². The highest BCUT2D eigenvalue weighted by Gasteiger charge is 2.14. The molecule has 102 valence electrons. The summed E-state index contributed by atoms with van der Waals surface area (Å²) in [6.45, 7) is 2.72. The van der Waals surface area contributed by atoms with Crippen LogP contribution in [-0.4, -0.2) is 15.7 Å². The molecule has 0 saturated carbocycles. The number of furan rings is 2. The summed E-state index contributed by atoms with van der Waals surface area (Å²) in [7, 11) is 0. The standard InChI is InChI=1S/C14H13N3O3/c1-2-17-8-7-13(16-17)15-14(18)12-6-5-11(20-12)10-4-3-9-19-10/h3-9H,2H2,1H3,(H,15,16,18). The van der Waals surface area contributed by atoms with Crippen LogP contribution < -0.4 is 5.32 Å². The summed E-state index contributed by atoms with van der Waals surface area (Å²) in [5.74, 6) is 1.46. The minimum Gasteiger partial charge on any atom is -0.461 e. The van der Waals surface area contributed by atoms with E-state index in [1.807, 2.05) is 6.92 Å². The van der Waals surface area contributed by atoms with Crippen molar-refractivity contribution < 1.29 is 13.6 Å². The van der Waals surface area contributed by atoms with E-state index in [2.05, 4.69) is 10.4 Å². The van der Waals surface area contributed by atoms with Gasteiger partial charge in [0.1, 0.15) is 0 Å². The maximum Gasteiger partial charge on any atom is 0.292 e. The fourth-order valence-electron chi connectivity index (χ4n) is 1.79. The summed E-state index contributed by atoms with van der Waals surface area (Å²) in [4.78, 5) is 12.0. The largest absolute Gasteiger partial charge is 0.461 e. The molecule has 3 aromatic rings. The molecule has 0 spiro atoms. The minimum atomic E-state index is -0.343. The molecule has 3 rings (SSSR count). The molecule has 0 unspecified atom stereocenters. The molecule has 6 nitrogen and oxygen atoms in total. The molecule has 20 heavy (non-hydrogen) atoms. The van der Waals surface area contributed by atoms with Crippen molar-refractivity contribution in [3.8, 4) is 11.5 Å². The quantitative estimate of drug-likeness (QED) is 0.791. The first-order valence-corrected chi connectivity index (χ1v) is 6.25. The first-order chi connectivity index (χ1) is 9.76. The van der Waals surface area contributed by atoms with Crippen molar-refractivity contribution in [1.29, 1.82) is 0 Å². The summed E-state index contributed by atoms with van der Waals surface area (Å²) < 4.78 is 12.4. The van der Waals surface area contributed by atoms with E-state index in [1.54, 1.807) is 47.5 Å². The van der Waals surface area contributed by atoms with Gasteiger partial charge in [0.2, 0.25) is 0 Å². The molecule has 1 amide bonds. The minimum absolute atomic E-state index is 0.211. The molecule has 0 aromatic carbocycles. The van der Waals surface area contributed by atoms with E-state index in [4.69, 9.17) is 8.83 Å². The van der Waals surface area contributed by atoms with E-state index in [-0.39, 0.29) is 11.7 Å². The van der Waals surface area contributed by atoms with E-state index in [0.29, 0.717) is 17.3 Å². The van der Waals surface area contributed by atoms with Gasteiger partial charge in [0.15, 0.2) is 23.1 Å². The number of nitrogens with zero attached hydrogens (tertiary/aromatic N) is 2. The van der Waals surface area contributed by atoms with Gasteiger partial charge in [0.05, 0.1) is 6.26 Å². The maximum absolute atomic E-state index is 12.0. The Kier molecular flexibility index (Phi) is 3.12. The molecule has 0 bridgehead atoms. The lowest BCUT2D eigenvalue weighted by molar-refractivity contribution is 0.0997. The number of amides is 1. The van der Waals surface area contributed by atoms with Crippen molar-refractivity contribution in [2.75, 3.05) is 5.32 Å². The second-order valence-electron chi connectivity index (χ2n) is 4.15. The number of carbonyl (C=O) groups excluding carboxylic acids is 1. The van der Waals surface area contributed by atoms with Gasteiger partial charge in [-0.25, -0.2) is 0 Å². The number of carbonyl (C=O) groups is 1. The molecular formula is C14H13N3O3. The molecule has 3 heterocycles. The second kappa shape index (κ2) is 5.08. The van der Waals surface area contributed by atoms with Gasteiger partial charge >= 0.3 is 0 Å². The average Bonchev–Trinajstić information content (AvgIpc) is 3.19. The lowest BCUT2D eigenvalue weighted by Crippen LogP contribution is -2.11. The molecule has 6 heteroatoms. The summed E-state index contributed by atoms with van der Waals surface area (Å²) in [5.41, 5.74) is 0. The van der Waals surface area contributed by atoms with E-state index in [0.717, 1.165) is 6.54 Å². The van der Waals surface area contributed by atoms with Crippen molar-refractivity contribution >= 4 is 11.7 Å². The van der Waals surface area contributed by atoms with Crippen LogP contribution in [0.15, 0.2) is 51.6 Å². The van der Waals surface area contributed by atoms with Gasteiger partial charge in [-0.05, 0) is 31.2 Å². The SMILES string of the molecule is CCn1ccc(NC(=O)c2ccc(-c3ccco3)o2)n1. The van der Waals surface area contributed by atoms with Crippen LogP contribution in [0.5, 0.6) is 0 Å². The maximum atomic E-state index is 12.0. The van der Waals surface area contributed by atoms with Crippen LogP contribution in [0.25, 0.3) is 11.5 Å². The predicted octanol–water partition coefficient (Wildman–Crippen LogP) is 3.01. The number of hydrogen-bond donors (Lipinski definition) is 1. The number of anilines is 1. The van der Waals surface area contributed by atoms with Crippen LogP contribution in [0.4, 0.5) is 5.82 Å². The lowest BCUT2D eigenvalue weighted by Gasteiger charge is -1.98. The summed E-state index contributed by atoms with van der Waals surface area (Å²) in [6, 6.07) is 8.55. The van der Waals surface area contributed by atoms with Gasteiger partial charge in [-0.15, -0.1) is 0 Å². The molecule has 3 aromatic heterocycles. The first-order valence-electron chi connectivity index (χ1n) is 6.25.